The first-order chi connectivity index (χ1) is 10.2. The zero-order valence-electron chi connectivity index (χ0n) is 13.6. The minimum atomic E-state index is -0.461. The fourth-order valence-electron chi connectivity index (χ4n) is 2.39. The number of pyridine rings is 1. The Bertz CT molecular complexity index is 704. The molecule has 3 nitrogen and oxygen atoms in total. The van der Waals surface area contributed by atoms with Crippen molar-refractivity contribution in [2.45, 2.75) is 27.7 Å². The maximum absolute atomic E-state index is 12.6. The molecule has 0 saturated carbocycles. The molecular weight excluding hydrogens is 296 g/mol. The summed E-state index contributed by atoms with van der Waals surface area (Å²) >= 11 is 6.08. The molecule has 0 aliphatic heterocycles. The Balaban J connectivity index is 2.59. The predicted octanol–water partition coefficient (Wildman–Crippen LogP) is 4.72. The van der Waals surface area contributed by atoms with Crippen molar-refractivity contribution in [1.82, 2.24) is 4.98 Å². The van der Waals surface area contributed by atoms with Gasteiger partial charge in [-0.05, 0) is 24.1 Å². The SMILES string of the molecule is Cc1ccccc1-c1cc(Cl)ncc1N(C)C(=O)C(C)(C)C. The molecule has 0 saturated heterocycles. The van der Waals surface area contributed by atoms with Gasteiger partial charge < -0.3 is 4.90 Å². The number of carbonyl (C=O) groups is 1. The summed E-state index contributed by atoms with van der Waals surface area (Å²) < 4.78 is 0. The quantitative estimate of drug-likeness (QED) is 0.751. The molecule has 0 radical (unpaired) electrons. The summed E-state index contributed by atoms with van der Waals surface area (Å²) in [5.74, 6) is 0.0338. The third-order valence-electron chi connectivity index (χ3n) is 3.59. The van der Waals surface area contributed by atoms with Gasteiger partial charge in [-0.25, -0.2) is 4.98 Å². The zero-order valence-corrected chi connectivity index (χ0v) is 14.4. The average molecular weight is 317 g/mol. The summed E-state index contributed by atoms with van der Waals surface area (Å²) in [5.41, 5.74) is 3.40. The lowest BCUT2D eigenvalue weighted by molar-refractivity contribution is -0.125. The molecule has 1 heterocycles. The summed E-state index contributed by atoms with van der Waals surface area (Å²) in [6.45, 7) is 7.76. The van der Waals surface area contributed by atoms with E-state index in [1.165, 1.54) is 0 Å². The number of nitrogens with zero attached hydrogens (tertiary/aromatic N) is 2. The van der Waals surface area contributed by atoms with Crippen molar-refractivity contribution in [1.29, 1.82) is 0 Å². The van der Waals surface area contributed by atoms with Gasteiger partial charge in [0.15, 0.2) is 0 Å². The van der Waals surface area contributed by atoms with Crippen LogP contribution in [0.2, 0.25) is 5.15 Å². The molecule has 2 rings (SSSR count). The van der Waals surface area contributed by atoms with Crippen LogP contribution in [-0.4, -0.2) is 17.9 Å². The molecule has 0 aliphatic rings. The second-order valence-corrected chi connectivity index (χ2v) is 6.84. The number of benzene rings is 1. The Labute approximate surface area is 136 Å². The second-order valence-electron chi connectivity index (χ2n) is 6.45. The van der Waals surface area contributed by atoms with Crippen LogP contribution in [0, 0.1) is 12.3 Å². The Morgan fingerprint density at radius 2 is 1.82 bits per heavy atom. The van der Waals surface area contributed by atoms with Gasteiger partial charge in [-0.2, -0.15) is 0 Å². The van der Waals surface area contributed by atoms with E-state index in [9.17, 15) is 4.79 Å². The van der Waals surface area contributed by atoms with E-state index < -0.39 is 5.41 Å². The number of hydrogen-bond donors (Lipinski definition) is 0. The van der Waals surface area contributed by atoms with Crippen LogP contribution in [-0.2, 0) is 4.79 Å². The number of rotatable bonds is 2. The smallest absolute Gasteiger partial charge is 0.232 e. The van der Waals surface area contributed by atoms with Gasteiger partial charge >= 0.3 is 0 Å². The molecular formula is C18H21ClN2O. The van der Waals surface area contributed by atoms with Crippen LogP contribution in [0.3, 0.4) is 0 Å². The normalized spacial score (nSPS) is 11.4. The van der Waals surface area contributed by atoms with Crippen LogP contribution >= 0.6 is 11.6 Å². The Morgan fingerprint density at radius 3 is 2.41 bits per heavy atom. The number of amides is 1. The minimum absolute atomic E-state index is 0.0338. The highest BCUT2D eigenvalue weighted by atomic mass is 35.5. The number of aromatic nitrogens is 1. The molecule has 0 atom stereocenters. The topological polar surface area (TPSA) is 33.2 Å². The van der Waals surface area contributed by atoms with Gasteiger partial charge in [0, 0.05) is 18.0 Å². The van der Waals surface area contributed by atoms with Crippen LogP contribution in [0.1, 0.15) is 26.3 Å². The van der Waals surface area contributed by atoms with Gasteiger partial charge in [0.1, 0.15) is 5.15 Å². The monoisotopic (exact) mass is 316 g/mol. The van der Waals surface area contributed by atoms with Gasteiger partial charge in [-0.15, -0.1) is 0 Å². The highest BCUT2D eigenvalue weighted by Crippen LogP contribution is 2.35. The van der Waals surface area contributed by atoms with Crippen LogP contribution in [0.15, 0.2) is 36.5 Å². The molecule has 0 fully saturated rings. The first kappa shape index (κ1) is 16.5. The third-order valence-corrected chi connectivity index (χ3v) is 3.80. The summed E-state index contributed by atoms with van der Waals surface area (Å²) in [6.07, 6.45) is 1.66. The lowest BCUT2D eigenvalue weighted by Gasteiger charge is -2.27. The average Bonchev–Trinajstić information content (AvgIpc) is 2.45. The highest BCUT2D eigenvalue weighted by Gasteiger charge is 2.27. The van der Waals surface area contributed by atoms with Gasteiger partial charge in [0.25, 0.3) is 0 Å². The van der Waals surface area contributed by atoms with E-state index in [0.717, 1.165) is 22.4 Å². The maximum atomic E-state index is 12.6. The van der Waals surface area contributed by atoms with Crippen molar-refractivity contribution in [2.24, 2.45) is 5.41 Å². The third kappa shape index (κ3) is 3.30. The van der Waals surface area contributed by atoms with E-state index >= 15 is 0 Å². The summed E-state index contributed by atoms with van der Waals surface area (Å²) in [4.78, 5) is 18.4. The zero-order chi connectivity index (χ0) is 16.5. The van der Waals surface area contributed by atoms with Crippen molar-refractivity contribution < 1.29 is 4.79 Å². The molecule has 0 spiro atoms. The van der Waals surface area contributed by atoms with Gasteiger partial charge in [-0.3, -0.25) is 4.79 Å². The van der Waals surface area contributed by atoms with E-state index in [0.29, 0.717) is 5.15 Å². The molecule has 1 aromatic heterocycles. The van der Waals surface area contributed by atoms with Gasteiger partial charge in [-0.1, -0.05) is 56.6 Å². The van der Waals surface area contributed by atoms with Crippen LogP contribution in [0.5, 0.6) is 0 Å². The highest BCUT2D eigenvalue weighted by molar-refractivity contribution is 6.29. The van der Waals surface area contributed by atoms with Gasteiger partial charge in [0.2, 0.25) is 5.91 Å². The van der Waals surface area contributed by atoms with Crippen molar-refractivity contribution in [3.63, 3.8) is 0 Å². The molecule has 116 valence electrons. The molecule has 4 heteroatoms. The first-order valence-corrected chi connectivity index (χ1v) is 7.59. The Kier molecular flexibility index (Phi) is 4.57. The van der Waals surface area contributed by atoms with E-state index in [4.69, 9.17) is 11.6 Å². The lowest BCUT2D eigenvalue weighted by Crippen LogP contribution is -2.37. The summed E-state index contributed by atoms with van der Waals surface area (Å²) in [5, 5.41) is 0.415. The fraction of sp³-hybridized carbons (Fsp3) is 0.333. The molecule has 0 bridgehead atoms. The lowest BCUT2D eigenvalue weighted by atomic mass is 9.93. The standard InChI is InChI=1S/C18H21ClN2O/c1-12-8-6-7-9-13(12)14-10-16(19)20-11-15(14)21(5)17(22)18(2,3)4/h6-11H,1-5H3. The largest absolute Gasteiger partial charge is 0.313 e. The van der Waals surface area contributed by atoms with E-state index in [-0.39, 0.29) is 5.91 Å². The summed E-state index contributed by atoms with van der Waals surface area (Å²) in [7, 11) is 1.78. The van der Waals surface area contributed by atoms with Crippen LogP contribution in [0.4, 0.5) is 5.69 Å². The molecule has 2 aromatic rings. The van der Waals surface area contributed by atoms with Crippen molar-refractivity contribution in [2.75, 3.05) is 11.9 Å². The molecule has 0 unspecified atom stereocenters. The van der Waals surface area contributed by atoms with Crippen LogP contribution in [0.25, 0.3) is 11.1 Å². The van der Waals surface area contributed by atoms with E-state index in [1.807, 2.05) is 58.0 Å². The molecule has 1 aromatic carbocycles. The van der Waals surface area contributed by atoms with Crippen molar-refractivity contribution in [3.05, 3.63) is 47.2 Å². The van der Waals surface area contributed by atoms with E-state index in [2.05, 4.69) is 4.98 Å². The fourth-order valence-corrected chi connectivity index (χ4v) is 2.55. The molecule has 0 N–H and O–H groups in total. The summed E-state index contributed by atoms with van der Waals surface area (Å²) in [6, 6.07) is 9.85. The number of hydrogen-bond acceptors (Lipinski definition) is 2. The Morgan fingerprint density at radius 1 is 1.18 bits per heavy atom. The minimum Gasteiger partial charge on any atom is -0.313 e. The van der Waals surface area contributed by atoms with Crippen molar-refractivity contribution >= 4 is 23.2 Å². The van der Waals surface area contributed by atoms with Crippen molar-refractivity contribution in [3.8, 4) is 11.1 Å². The molecule has 0 aliphatic carbocycles. The Hall–Kier alpha value is -1.87. The first-order valence-electron chi connectivity index (χ1n) is 7.21. The van der Waals surface area contributed by atoms with Crippen LogP contribution < -0.4 is 4.90 Å². The number of carbonyl (C=O) groups excluding carboxylic acids is 1. The molecule has 22 heavy (non-hydrogen) atoms. The molecule has 1 amide bonds. The number of anilines is 1. The number of aryl methyl sites for hydroxylation is 1. The van der Waals surface area contributed by atoms with Gasteiger partial charge in [0.05, 0.1) is 11.9 Å². The van der Waals surface area contributed by atoms with E-state index in [1.54, 1.807) is 18.1 Å². The maximum Gasteiger partial charge on any atom is 0.232 e. The second kappa shape index (κ2) is 6.09. The number of halogens is 1. The predicted molar refractivity (Wildman–Crippen MR) is 92.3 cm³/mol.